The molecule has 1 heterocycles. The molecule has 1 aromatic rings. The fraction of sp³-hybridized carbons (Fsp3) is 0.529. The van der Waals surface area contributed by atoms with Gasteiger partial charge >= 0.3 is 0 Å². The fourth-order valence-corrected chi connectivity index (χ4v) is 3.09. The van der Waals surface area contributed by atoms with Gasteiger partial charge in [0.15, 0.2) is 5.11 Å². The summed E-state index contributed by atoms with van der Waals surface area (Å²) in [7, 11) is 1.75. The Hall–Kier alpha value is -1.82. The summed E-state index contributed by atoms with van der Waals surface area (Å²) in [6, 6.07) is 3.51. The number of carbonyl (C=O) groups is 1. The molecule has 126 valence electrons. The van der Waals surface area contributed by atoms with E-state index in [1.807, 2.05) is 33.8 Å². The van der Waals surface area contributed by atoms with Crippen molar-refractivity contribution in [1.82, 2.24) is 5.32 Å². The maximum atomic E-state index is 12.2. The predicted molar refractivity (Wildman–Crippen MR) is 98.1 cm³/mol. The number of phenols is 1. The molecule has 1 unspecified atom stereocenters. The molecule has 0 aliphatic carbocycles. The zero-order valence-corrected chi connectivity index (χ0v) is 15.2. The number of carbonyl (C=O) groups excluding carboxylic acids is 1. The van der Waals surface area contributed by atoms with Crippen LogP contribution in [-0.2, 0) is 11.2 Å². The van der Waals surface area contributed by atoms with Crippen LogP contribution in [0.25, 0.3) is 0 Å². The van der Waals surface area contributed by atoms with E-state index >= 15 is 0 Å². The zero-order chi connectivity index (χ0) is 17.4. The predicted octanol–water partition coefficient (Wildman–Crippen LogP) is 3.02. The molecule has 1 atom stereocenters. The number of rotatable bonds is 1. The molecule has 2 rings (SSSR count). The average molecular weight is 335 g/mol. The largest absolute Gasteiger partial charge is 0.506 e. The van der Waals surface area contributed by atoms with Gasteiger partial charge in [0.05, 0.1) is 11.4 Å². The molecule has 0 saturated carbocycles. The van der Waals surface area contributed by atoms with Gasteiger partial charge in [0.25, 0.3) is 0 Å². The minimum atomic E-state index is -0.159. The number of nitrogens with one attached hydrogen (secondary N) is 2. The number of benzene rings is 1. The Morgan fingerprint density at radius 2 is 2.04 bits per heavy atom. The average Bonchev–Trinajstić information content (AvgIpc) is 2.51. The number of aromatic hydroxyl groups is 1. The minimum Gasteiger partial charge on any atom is -0.506 e. The van der Waals surface area contributed by atoms with Crippen molar-refractivity contribution in [2.45, 2.75) is 46.1 Å². The third kappa shape index (κ3) is 4.13. The minimum absolute atomic E-state index is 0.0189. The molecule has 1 amide bonds. The summed E-state index contributed by atoms with van der Waals surface area (Å²) in [4.78, 5) is 13.9. The molecule has 0 bridgehead atoms. The van der Waals surface area contributed by atoms with E-state index in [0.29, 0.717) is 10.8 Å². The number of amides is 1. The van der Waals surface area contributed by atoms with Gasteiger partial charge in [-0.25, -0.2) is 0 Å². The lowest BCUT2D eigenvalue weighted by Gasteiger charge is -2.24. The number of fused-ring (bicyclic) bond motifs is 1. The molecular formula is C17H25N3O2S. The van der Waals surface area contributed by atoms with Gasteiger partial charge in [-0.05, 0) is 57.5 Å². The van der Waals surface area contributed by atoms with E-state index in [-0.39, 0.29) is 23.1 Å². The molecule has 0 fully saturated rings. The highest BCUT2D eigenvalue weighted by molar-refractivity contribution is 7.80. The van der Waals surface area contributed by atoms with E-state index in [2.05, 4.69) is 10.6 Å². The Morgan fingerprint density at radius 1 is 1.39 bits per heavy atom. The van der Waals surface area contributed by atoms with Crippen molar-refractivity contribution in [2.75, 3.05) is 17.3 Å². The summed E-state index contributed by atoms with van der Waals surface area (Å²) in [5.41, 5.74) is 2.19. The molecule has 0 saturated heterocycles. The van der Waals surface area contributed by atoms with E-state index < -0.39 is 0 Å². The van der Waals surface area contributed by atoms with Crippen molar-refractivity contribution in [2.24, 2.45) is 5.92 Å². The second-order valence-corrected chi connectivity index (χ2v) is 7.57. The monoisotopic (exact) mass is 335 g/mol. The summed E-state index contributed by atoms with van der Waals surface area (Å²) in [5.74, 6) is 0.138. The van der Waals surface area contributed by atoms with Gasteiger partial charge in [-0.3, -0.25) is 4.79 Å². The fourth-order valence-electron chi connectivity index (χ4n) is 2.67. The molecule has 0 radical (unpaired) electrons. The van der Waals surface area contributed by atoms with Gasteiger partial charge in [-0.2, -0.15) is 0 Å². The van der Waals surface area contributed by atoms with Crippen LogP contribution in [0.2, 0.25) is 0 Å². The van der Waals surface area contributed by atoms with Crippen molar-refractivity contribution in [3.05, 3.63) is 17.7 Å². The Kier molecular flexibility index (Phi) is 4.84. The molecular weight excluding hydrogens is 310 g/mol. The highest BCUT2D eigenvalue weighted by Gasteiger charge is 2.26. The van der Waals surface area contributed by atoms with E-state index in [1.165, 1.54) is 0 Å². The lowest BCUT2D eigenvalue weighted by Crippen LogP contribution is -2.42. The summed E-state index contributed by atoms with van der Waals surface area (Å²) >= 11 is 5.29. The van der Waals surface area contributed by atoms with Crippen LogP contribution in [0.5, 0.6) is 5.75 Å². The van der Waals surface area contributed by atoms with Crippen LogP contribution in [0, 0.1) is 5.92 Å². The second kappa shape index (κ2) is 6.35. The van der Waals surface area contributed by atoms with Crippen molar-refractivity contribution in [3.63, 3.8) is 0 Å². The van der Waals surface area contributed by atoms with E-state index in [0.717, 1.165) is 24.1 Å². The van der Waals surface area contributed by atoms with Crippen LogP contribution in [0.3, 0.4) is 0 Å². The van der Waals surface area contributed by atoms with Gasteiger partial charge in [0.1, 0.15) is 5.75 Å². The molecule has 23 heavy (non-hydrogen) atoms. The molecule has 5 nitrogen and oxygen atoms in total. The summed E-state index contributed by atoms with van der Waals surface area (Å²) in [6.45, 7) is 7.98. The number of aryl methyl sites for hydroxylation is 1. The first-order valence-electron chi connectivity index (χ1n) is 7.81. The maximum Gasteiger partial charge on any atom is 0.229 e. The van der Waals surface area contributed by atoms with Gasteiger partial charge < -0.3 is 20.6 Å². The standard InChI is InChI=1S/C17H25N3O2S/c1-10-6-7-11-8-12(18-16(23)19-17(2,3)4)14(21)9-13(11)20(5)15(10)22/h8-10,21H,6-7H2,1-5H3,(H2,18,19,23). The Bertz CT molecular complexity index is 637. The highest BCUT2D eigenvalue weighted by atomic mass is 32.1. The normalized spacial score (nSPS) is 18.2. The van der Waals surface area contributed by atoms with Gasteiger partial charge in [-0.1, -0.05) is 6.92 Å². The number of thiocarbonyl (C=S) groups is 1. The Labute approximate surface area is 143 Å². The number of anilines is 2. The van der Waals surface area contributed by atoms with Crippen molar-refractivity contribution >= 4 is 34.6 Å². The summed E-state index contributed by atoms with van der Waals surface area (Å²) in [6.07, 6.45) is 1.59. The third-order valence-corrected chi connectivity index (χ3v) is 4.10. The second-order valence-electron chi connectivity index (χ2n) is 7.16. The SMILES string of the molecule is CC1CCc2cc(NC(=S)NC(C)(C)C)c(O)cc2N(C)C1=O. The molecule has 0 aromatic heterocycles. The van der Waals surface area contributed by atoms with Gasteiger partial charge in [0, 0.05) is 24.6 Å². The van der Waals surface area contributed by atoms with Crippen LogP contribution < -0.4 is 15.5 Å². The zero-order valence-electron chi connectivity index (χ0n) is 14.4. The van der Waals surface area contributed by atoms with Crippen LogP contribution in [0.1, 0.15) is 39.7 Å². The van der Waals surface area contributed by atoms with Crippen LogP contribution >= 0.6 is 12.2 Å². The van der Waals surface area contributed by atoms with Gasteiger partial charge in [-0.15, -0.1) is 0 Å². The van der Waals surface area contributed by atoms with E-state index in [1.54, 1.807) is 18.0 Å². The Morgan fingerprint density at radius 3 is 2.65 bits per heavy atom. The first-order valence-corrected chi connectivity index (χ1v) is 8.22. The Balaban J connectivity index is 2.29. The molecule has 6 heteroatoms. The van der Waals surface area contributed by atoms with Gasteiger partial charge in [0.2, 0.25) is 5.91 Å². The number of hydrogen-bond donors (Lipinski definition) is 3. The molecule has 1 aromatic carbocycles. The molecule has 0 spiro atoms. The number of hydrogen-bond acceptors (Lipinski definition) is 3. The molecule has 1 aliphatic rings. The lowest BCUT2D eigenvalue weighted by molar-refractivity contribution is -0.121. The third-order valence-electron chi connectivity index (χ3n) is 3.89. The van der Waals surface area contributed by atoms with Crippen LogP contribution in [0.15, 0.2) is 12.1 Å². The highest BCUT2D eigenvalue weighted by Crippen LogP contribution is 2.36. The quantitative estimate of drug-likeness (QED) is 0.544. The van der Waals surface area contributed by atoms with Crippen molar-refractivity contribution in [1.29, 1.82) is 0 Å². The van der Waals surface area contributed by atoms with Crippen LogP contribution in [0.4, 0.5) is 11.4 Å². The van der Waals surface area contributed by atoms with E-state index in [4.69, 9.17) is 12.2 Å². The molecule has 3 N–H and O–H groups in total. The van der Waals surface area contributed by atoms with Crippen molar-refractivity contribution in [3.8, 4) is 5.75 Å². The first-order chi connectivity index (χ1) is 10.6. The topological polar surface area (TPSA) is 64.6 Å². The lowest BCUT2D eigenvalue weighted by atomic mass is 10.0. The molecule has 1 aliphatic heterocycles. The summed E-state index contributed by atoms with van der Waals surface area (Å²) < 4.78 is 0. The van der Waals surface area contributed by atoms with Crippen LogP contribution in [-0.4, -0.2) is 28.7 Å². The smallest absolute Gasteiger partial charge is 0.229 e. The van der Waals surface area contributed by atoms with Crippen molar-refractivity contribution < 1.29 is 9.90 Å². The maximum absolute atomic E-state index is 12.2. The number of nitrogens with zero attached hydrogens (tertiary/aromatic N) is 1. The number of phenolic OH excluding ortho intramolecular Hbond substituents is 1. The van der Waals surface area contributed by atoms with E-state index in [9.17, 15) is 9.90 Å². The first kappa shape index (κ1) is 17.5. The summed E-state index contributed by atoms with van der Waals surface area (Å²) in [5, 5.41) is 16.9.